The molecule has 0 radical (unpaired) electrons. The predicted molar refractivity (Wildman–Crippen MR) is 69.4 cm³/mol. The lowest BCUT2D eigenvalue weighted by atomic mass is 9.80. The Kier molecular flexibility index (Phi) is 4.22. The highest BCUT2D eigenvalue weighted by Gasteiger charge is 2.37. The highest BCUT2D eigenvalue weighted by molar-refractivity contribution is 5.85. The summed E-state index contributed by atoms with van der Waals surface area (Å²) in [4.78, 5) is 11.3. The minimum absolute atomic E-state index is 0. The van der Waals surface area contributed by atoms with Crippen LogP contribution < -0.4 is 5.32 Å². The molecule has 2 rings (SSSR count). The van der Waals surface area contributed by atoms with Gasteiger partial charge in [0, 0.05) is 5.41 Å². The van der Waals surface area contributed by atoms with E-state index in [1.54, 1.807) is 13.0 Å². The number of carbonyl (C=O) groups excluding carboxylic acids is 1. The Morgan fingerprint density at radius 1 is 1.44 bits per heavy atom. The second-order valence-corrected chi connectivity index (χ2v) is 5.15. The lowest BCUT2D eigenvalue weighted by Crippen LogP contribution is -2.46. The zero-order chi connectivity index (χ0) is 12.6. The summed E-state index contributed by atoms with van der Waals surface area (Å²) in [7, 11) is 0. The molecule has 1 N–H and O–H groups in total. The summed E-state index contributed by atoms with van der Waals surface area (Å²) < 4.78 is 18.5. The first kappa shape index (κ1) is 14.8. The van der Waals surface area contributed by atoms with Crippen LogP contribution in [0, 0.1) is 18.2 Å². The first-order chi connectivity index (χ1) is 7.90. The summed E-state index contributed by atoms with van der Waals surface area (Å²) in [6.45, 7) is 6.01. The van der Waals surface area contributed by atoms with E-state index in [1.165, 1.54) is 6.07 Å². The molecule has 1 heterocycles. The van der Waals surface area contributed by atoms with Crippen molar-refractivity contribution < 1.29 is 13.9 Å². The maximum Gasteiger partial charge on any atom is 0.407 e. The first-order valence-corrected chi connectivity index (χ1v) is 5.59. The molecule has 5 heteroatoms. The molecule has 1 aliphatic heterocycles. The Morgan fingerprint density at radius 2 is 2.11 bits per heavy atom. The van der Waals surface area contributed by atoms with E-state index in [0.717, 1.165) is 5.56 Å². The maximum absolute atomic E-state index is 13.5. The second-order valence-electron chi connectivity index (χ2n) is 5.15. The van der Waals surface area contributed by atoms with Crippen molar-refractivity contribution in [1.82, 2.24) is 5.32 Å². The van der Waals surface area contributed by atoms with Gasteiger partial charge in [-0.3, -0.25) is 0 Å². The Balaban J connectivity index is 0.00000162. The number of amides is 1. The average molecular weight is 274 g/mol. The van der Waals surface area contributed by atoms with E-state index >= 15 is 0 Å². The fourth-order valence-electron chi connectivity index (χ4n) is 2.01. The molecule has 0 spiro atoms. The lowest BCUT2D eigenvalue weighted by molar-refractivity contribution is 0.0386. The fourth-order valence-corrected chi connectivity index (χ4v) is 2.01. The molecule has 1 aliphatic rings. The minimum Gasteiger partial charge on any atom is -0.449 e. The number of carbonyl (C=O) groups is 1. The molecular formula is C13H17ClFNO2. The molecule has 1 atom stereocenters. The van der Waals surface area contributed by atoms with Gasteiger partial charge in [0.25, 0.3) is 0 Å². The molecule has 1 saturated heterocycles. The van der Waals surface area contributed by atoms with Gasteiger partial charge in [0.15, 0.2) is 0 Å². The molecule has 0 bridgehead atoms. The standard InChI is InChI=1S/C13H16FNO2.ClH/c1-8-4-5-9(6-10(8)14)11-13(2,3)7-17-12(16)15-11;/h4-6,11H,7H2,1-3H3,(H,15,16);1H/t11-;/m0./s1. The van der Waals surface area contributed by atoms with Crippen LogP contribution in [0.1, 0.15) is 31.0 Å². The molecule has 0 unspecified atom stereocenters. The summed E-state index contributed by atoms with van der Waals surface area (Å²) in [6.07, 6.45) is -0.449. The molecule has 1 aromatic rings. The van der Waals surface area contributed by atoms with E-state index in [9.17, 15) is 9.18 Å². The molecule has 0 aromatic heterocycles. The molecule has 1 amide bonds. The zero-order valence-corrected chi connectivity index (χ0v) is 11.4. The van der Waals surface area contributed by atoms with Gasteiger partial charge < -0.3 is 10.1 Å². The maximum atomic E-state index is 13.5. The van der Waals surface area contributed by atoms with Crippen LogP contribution in [0.25, 0.3) is 0 Å². The SMILES string of the molecule is Cc1ccc([C@@H]2NC(=O)OCC2(C)C)cc1F.Cl. The number of aryl methyl sites for hydroxylation is 1. The third-order valence-corrected chi connectivity index (χ3v) is 3.15. The number of rotatable bonds is 1. The van der Waals surface area contributed by atoms with E-state index < -0.39 is 6.09 Å². The van der Waals surface area contributed by atoms with Gasteiger partial charge in [-0.15, -0.1) is 12.4 Å². The summed E-state index contributed by atoms with van der Waals surface area (Å²) in [6, 6.07) is 4.82. The van der Waals surface area contributed by atoms with Crippen LogP contribution in [0.15, 0.2) is 18.2 Å². The molecule has 3 nitrogen and oxygen atoms in total. The lowest BCUT2D eigenvalue weighted by Gasteiger charge is -2.38. The third-order valence-electron chi connectivity index (χ3n) is 3.15. The van der Waals surface area contributed by atoms with Crippen LogP contribution in [0.2, 0.25) is 0 Å². The van der Waals surface area contributed by atoms with Crippen LogP contribution in [0.5, 0.6) is 0 Å². The van der Waals surface area contributed by atoms with Crippen LogP contribution in [0.3, 0.4) is 0 Å². The summed E-state index contributed by atoms with van der Waals surface area (Å²) >= 11 is 0. The second kappa shape index (κ2) is 5.14. The Labute approximate surface area is 112 Å². The highest BCUT2D eigenvalue weighted by atomic mass is 35.5. The van der Waals surface area contributed by atoms with Crippen molar-refractivity contribution in [2.75, 3.05) is 6.61 Å². The zero-order valence-electron chi connectivity index (χ0n) is 10.6. The van der Waals surface area contributed by atoms with Crippen molar-refractivity contribution in [3.8, 4) is 0 Å². The number of halogens is 2. The number of hydrogen-bond acceptors (Lipinski definition) is 2. The van der Waals surface area contributed by atoms with E-state index in [0.29, 0.717) is 12.2 Å². The largest absolute Gasteiger partial charge is 0.449 e. The Hall–Kier alpha value is -1.29. The van der Waals surface area contributed by atoms with Crippen molar-refractivity contribution in [2.45, 2.75) is 26.8 Å². The smallest absolute Gasteiger partial charge is 0.407 e. The van der Waals surface area contributed by atoms with Gasteiger partial charge in [-0.2, -0.15) is 0 Å². The van der Waals surface area contributed by atoms with E-state index in [4.69, 9.17) is 4.74 Å². The number of cyclic esters (lactones) is 1. The highest BCUT2D eigenvalue weighted by Crippen LogP contribution is 2.36. The van der Waals surface area contributed by atoms with Gasteiger partial charge in [-0.05, 0) is 24.1 Å². The summed E-state index contributed by atoms with van der Waals surface area (Å²) in [5.74, 6) is -0.251. The van der Waals surface area contributed by atoms with Crippen molar-refractivity contribution in [2.24, 2.45) is 5.41 Å². The number of alkyl carbamates (subject to hydrolysis) is 1. The number of nitrogens with one attached hydrogen (secondary N) is 1. The topological polar surface area (TPSA) is 38.3 Å². The molecule has 1 fully saturated rings. The van der Waals surface area contributed by atoms with Crippen molar-refractivity contribution in [1.29, 1.82) is 0 Å². The molecule has 100 valence electrons. The van der Waals surface area contributed by atoms with Crippen molar-refractivity contribution in [3.63, 3.8) is 0 Å². The number of hydrogen-bond donors (Lipinski definition) is 1. The van der Waals surface area contributed by atoms with Gasteiger partial charge in [0.05, 0.1) is 6.04 Å². The average Bonchev–Trinajstić information content (AvgIpc) is 2.26. The van der Waals surface area contributed by atoms with Gasteiger partial charge in [-0.25, -0.2) is 9.18 Å². The molecule has 1 aromatic carbocycles. The summed E-state index contributed by atoms with van der Waals surface area (Å²) in [5, 5.41) is 2.74. The molecule has 18 heavy (non-hydrogen) atoms. The number of benzene rings is 1. The van der Waals surface area contributed by atoms with E-state index in [1.807, 2.05) is 19.9 Å². The fraction of sp³-hybridized carbons (Fsp3) is 0.462. The van der Waals surface area contributed by atoms with Gasteiger partial charge in [-0.1, -0.05) is 26.0 Å². The van der Waals surface area contributed by atoms with Crippen LogP contribution in [-0.4, -0.2) is 12.7 Å². The summed E-state index contributed by atoms with van der Waals surface area (Å²) in [5.41, 5.74) is 1.12. The molecular weight excluding hydrogens is 257 g/mol. The number of ether oxygens (including phenoxy) is 1. The quantitative estimate of drug-likeness (QED) is 0.852. The molecule has 0 saturated carbocycles. The van der Waals surface area contributed by atoms with Crippen molar-refractivity contribution >= 4 is 18.5 Å². The van der Waals surface area contributed by atoms with Crippen molar-refractivity contribution in [3.05, 3.63) is 35.1 Å². The van der Waals surface area contributed by atoms with E-state index in [-0.39, 0.29) is 29.7 Å². The minimum atomic E-state index is -0.449. The Morgan fingerprint density at radius 3 is 2.72 bits per heavy atom. The first-order valence-electron chi connectivity index (χ1n) is 5.59. The van der Waals surface area contributed by atoms with Crippen LogP contribution in [-0.2, 0) is 4.74 Å². The van der Waals surface area contributed by atoms with Gasteiger partial charge >= 0.3 is 6.09 Å². The Bertz CT molecular complexity index is 462. The predicted octanol–water partition coefficient (Wildman–Crippen LogP) is 3.36. The van der Waals surface area contributed by atoms with Gasteiger partial charge in [0.2, 0.25) is 0 Å². The molecule has 0 aliphatic carbocycles. The van der Waals surface area contributed by atoms with E-state index in [2.05, 4.69) is 5.32 Å². The van der Waals surface area contributed by atoms with Crippen LogP contribution >= 0.6 is 12.4 Å². The monoisotopic (exact) mass is 273 g/mol. The normalized spacial score (nSPS) is 21.6. The third kappa shape index (κ3) is 2.75. The van der Waals surface area contributed by atoms with Crippen LogP contribution in [0.4, 0.5) is 9.18 Å². The van der Waals surface area contributed by atoms with Gasteiger partial charge in [0.1, 0.15) is 12.4 Å².